The average Bonchev–Trinajstić information content (AvgIpc) is 3.81. The molecular weight excluding hydrogens is 676 g/mol. The highest BCUT2D eigenvalue weighted by Gasteiger charge is 2.42. The van der Waals surface area contributed by atoms with Crippen molar-refractivity contribution < 1.29 is 28.7 Å². The van der Waals surface area contributed by atoms with E-state index in [0.717, 1.165) is 33.2 Å². The van der Waals surface area contributed by atoms with Gasteiger partial charge in [0.15, 0.2) is 0 Å². The molecule has 5 aromatic rings. The third-order valence-corrected chi connectivity index (χ3v) is 9.12. The summed E-state index contributed by atoms with van der Waals surface area (Å²) < 4.78 is 13.5. The molecule has 3 amide bonds. The summed E-state index contributed by atoms with van der Waals surface area (Å²) in [7, 11) is 1.43. The summed E-state index contributed by atoms with van der Waals surface area (Å²) in [5.74, 6) is 0.324. The highest BCUT2D eigenvalue weighted by atomic mass is 16.5. The van der Waals surface area contributed by atoms with E-state index < -0.39 is 23.8 Å². The Morgan fingerprint density at radius 1 is 0.925 bits per heavy atom. The number of rotatable bonds is 17. The molecule has 1 aliphatic heterocycles. The van der Waals surface area contributed by atoms with E-state index in [1.54, 1.807) is 36.8 Å². The maximum Gasteiger partial charge on any atom is 0.262 e. The zero-order chi connectivity index (χ0) is 37.4. The summed E-state index contributed by atoms with van der Waals surface area (Å²) in [5.41, 5.74) is 3.85. The largest absolute Gasteiger partial charge is 0.494 e. The molecule has 1 aliphatic rings. The van der Waals surface area contributed by atoms with Crippen LogP contribution in [0.2, 0.25) is 0 Å². The van der Waals surface area contributed by atoms with Gasteiger partial charge < -0.3 is 24.9 Å². The molecule has 0 aliphatic carbocycles. The number of aromatic nitrogens is 5. The number of anilines is 1. The van der Waals surface area contributed by atoms with Crippen LogP contribution in [0.3, 0.4) is 0 Å². The number of benzene rings is 3. The van der Waals surface area contributed by atoms with Crippen molar-refractivity contribution in [2.24, 2.45) is 0 Å². The zero-order valence-corrected chi connectivity index (χ0v) is 29.7. The minimum Gasteiger partial charge on any atom is -0.494 e. The number of hydrogen-bond acceptors (Lipinski definition) is 11. The standard InChI is InChI=1S/C39H40N8O6/c1-39(2,27-9-14-31(15-10-27)53-23-29-17-19-43-38(45-29)46-25-41-24-44-46)26-7-12-30(13-8-26)52-21-5-18-42-28-11-16-32-33(22-28)37(51)47(36(32)50)34(6-4-20-48)35(49)40-3/h7-17,19-20,22,24-25,34,42H,4-6,18,21,23H2,1-3H3,(H,40,49). The van der Waals surface area contributed by atoms with Crippen molar-refractivity contribution in [3.05, 3.63) is 120 Å². The molecule has 6 rings (SSSR count). The fourth-order valence-electron chi connectivity index (χ4n) is 6.06. The quantitative estimate of drug-likeness (QED) is 0.0787. The highest BCUT2D eigenvalue weighted by Crippen LogP contribution is 2.34. The van der Waals surface area contributed by atoms with E-state index in [0.29, 0.717) is 37.5 Å². The summed E-state index contributed by atoms with van der Waals surface area (Å²) in [5, 5.41) is 9.82. The Balaban J connectivity index is 0.967. The second-order valence-electron chi connectivity index (χ2n) is 12.9. The van der Waals surface area contributed by atoms with Gasteiger partial charge >= 0.3 is 0 Å². The van der Waals surface area contributed by atoms with E-state index in [2.05, 4.69) is 68.8 Å². The molecule has 1 atom stereocenters. The molecule has 0 spiro atoms. The number of fused-ring (bicyclic) bond motifs is 1. The molecule has 1 unspecified atom stereocenters. The number of nitrogens with zero attached hydrogens (tertiary/aromatic N) is 6. The van der Waals surface area contributed by atoms with Gasteiger partial charge in [-0.1, -0.05) is 38.1 Å². The molecule has 0 saturated heterocycles. The lowest BCUT2D eigenvalue weighted by atomic mass is 9.78. The van der Waals surface area contributed by atoms with E-state index >= 15 is 0 Å². The van der Waals surface area contributed by atoms with Crippen molar-refractivity contribution in [1.82, 2.24) is 34.9 Å². The third kappa shape index (κ3) is 8.22. The van der Waals surface area contributed by atoms with Crippen LogP contribution in [0.25, 0.3) is 5.95 Å². The average molecular weight is 717 g/mol. The van der Waals surface area contributed by atoms with Crippen molar-refractivity contribution in [3.8, 4) is 17.4 Å². The molecule has 0 fully saturated rings. The van der Waals surface area contributed by atoms with Crippen LogP contribution in [0.1, 0.15) is 70.6 Å². The maximum absolute atomic E-state index is 13.2. The molecule has 0 radical (unpaired) electrons. The Kier molecular flexibility index (Phi) is 11.2. The van der Waals surface area contributed by atoms with Crippen molar-refractivity contribution in [2.45, 2.75) is 51.2 Å². The first-order valence-electron chi connectivity index (χ1n) is 17.2. The lowest BCUT2D eigenvalue weighted by Gasteiger charge is -2.26. The summed E-state index contributed by atoms with van der Waals surface area (Å²) in [6.45, 7) is 5.66. The van der Waals surface area contributed by atoms with Gasteiger partial charge in [0.2, 0.25) is 5.91 Å². The second kappa shape index (κ2) is 16.3. The Bertz CT molecular complexity index is 2070. The van der Waals surface area contributed by atoms with E-state index in [-0.39, 0.29) is 36.0 Å². The van der Waals surface area contributed by atoms with Gasteiger partial charge in [0.1, 0.15) is 43.1 Å². The van der Waals surface area contributed by atoms with E-state index in [9.17, 15) is 19.2 Å². The summed E-state index contributed by atoms with van der Waals surface area (Å²) in [6.07, 6.45) is 6.09. The molecule has 2 N–H and O–H groups in total. The fourth-order valence-corrected chi connectivity index (χ4v) is 6.06. The van der Waals surface area contributed by atoms with Crippen LogP contribution >= 0.6 is 0 Å². The first-order chi connectivity index (χ1) is 25.7. The lowest BCUT2D eigenvalue weighted by molar-refractivity contribution is -0.124. The van der Waals surface area contributed by atoms with Gasteiger partial charge in [0.25, 0.3) is 17.8 Å². The monoisotopic (exact) mass is 716 g/mol. The number of hydrogen-bond donors (Lipinski definition) is 2. The number of ether oxygens (including phenoxy) is 2. The SMILES string of the molecule is CNC(=O)C(CCC=O)N1C(=O)c2ccc(NCCCOc3ccc(C(C)(C)c4ccc(OCc5ccnc(-n6cncn6)n5)cc4)cc3)cc2C1=O. The van der Waals surface area contributed by atoms with Gasteiger partial charge in [-0.15, -0.1) is 0 Å². The second-order valence-corrected chi connectivity index (χ2v) is 12.9. The highest BCUT2D eigenvalue weighted by molar-refractivity contribution is 6.23. The molecule has 14 heteroatoms. The van der Waals surface area contributed by atoms with Crippen LogP contribution in [-0.2, 0) is 21.6 Å². The zero-order valence-electron chi connectivity index (χ0n) is 29.7. The molecular formula is C39H40N8O6. The minimum atomic E-state index is -1.05. The van der Waals surface area contributed by atoms with E-state index in [4.69, 9.17) is 9.47 Å². The molecule has 272 valence electrons. The molecule has 0 saturated carbocycles. The van der Waals surface area contributed by atoms with Crippen molar-refractivity contribution in [1.29, 1.82) is 0 Å². The molecule has 0 bridgehead atoms. The summed E-state index contributed by atoms with van der Waals surface area (Å²) >= 11 is 0. The Morgan fingerprint density at radius 3 is 2.28 bits per heavy atom. The van der Waals surface area contributed by atoms with Crippen LogP contribution in [0.15, 0.2) is 91.6 Å². The van der Waals surface area contributed by atoms with Crippen LogP contribution in [0.4, 0.5) is 5.69 Å². The minimum absolute atomic E-state index is 0.0513. The molecule has 14 nitrogen and oxygen atoms in total. The van der Waals surface area contributed by atoms with Gasteiger partial charge in [-0.25, -0.2) is 15.0 Å². The molecule has 2 aromatic heterocycles. The molecule has 3 heterocycles. The van der Waals surface area contributed by atoms with Gasteiger partial charge in [-0.3, -0.25) is 19.3 Å². The molecule has 3 aromatic carbocycles. The predicted molar refractivity (Wildman–Crippen MR) is 195 cm³/mol. The van der Waals surface area contributed by atoms with Crippen LogP contribution < -0.4 is 20.1 Å². The summed E-state index contributed by atoms with van der Waals surface area (Å²) in [6, 6.07) is 21.8. The van der Waals surface area contributed by atoms with Crippen molar-refractivity contribution >= 4 is 29.7 Å². The Labute approximate surface area is 306 Å². The smallest absolute Gasteiger partial charge is 0.262 e. The van der Waals surface area contributed by atoms with Crippen LogP contribution in [-0.4, -0.2) is 79.9 Å². The van der Waals surface area contributed by atoms with E-state index in [1.807, 2.05) is 24.3 Å². The number of carbonyl (C=O) groups is 4. The number of amides is 3. The third-order valence-electron chi connectivity index (χ3n) is 9.12. The number of carbonyl (C=O) groups excluding carboxylic acids is 4. The Morgan fingerprint density at radius 2 is 1.62 bits per heavy atom. The normalized spacial score (nSPS) is 13.0. The molecule has 53 heavy (non-hydrogen) atoms. The number of imide groups is 1. The van der Waals surface area contributed by atoms with Gasteiger partial charge in [0.05, 0.1) is 23.4 Å². The van der Waals surface area contributed by atoms with Gasteiger partial charge in [-0.05, 0) is 72.5 Å². The number of nitrogens with one attached hydrogen (secondary N) is 2. The van der Waals surface area contributed by atoms with Crippen molar-refractivity contribution in [3.63, 3.8) is 0 Å². The van der Waals surface area contributed by atoms with Gasteiger partial charge in [0, 0.05) is 37.3 Å². The number of aldehydes is 1. The van der Waals surface area contributed by atoms with Gasteiger partial charge in [-0.2, -0.15) is 9.78 Å². The lowest BCUT2D eigenvalue weighted by Crippen LogP contribution is -2.48. The predicted octanol–water partition coefficient (Wildman–Crippen LogP) is 4.53. The Hall–Kier alpha value is -6.44. The first kappa shape index (κ1) is 36.4. The van der Waals surface area contributed by atoms with Crippen LogP contribution in [0.5, 0.6) is 11.5 Å². The van der Waals surface area contributed by atoms with Crippen LogP contribution in [0, 0.1) is 0 Å². The number of likely N-dealkylation sites (N-methyl/N-ethyl adjacent to an activating group) is 1. The van der Waals surface area contributed by atoms with E-state index in [1.165, 1.54) is 18.1 Å². The topological polar surface area (TPSA) is 171 Å². The summed E-state index contributed by atoms with van der Waals surface area (Å²) in [4.78, 5) is 63.1. The van der Waals surface area contributed by atoms with Crippen molar-refractivity contribution in [2.75, 3.05) is 25.5 Å². The maximum atomic E-state index is 13.2. The fraction of sp³-hybridized carbons (Fsp3) is 0.282. The first-order valence-corrected chi connectivity index (χ1v) is 17.2.